The molecule has 1 heterocycles. The topological polar surface area (TPSA) is 88.2 Å². The third-order valence-corrected chi connectivity index (χ3v) is 5.71. The Morgan fingerprint density at radius 1 is 1.08 bits per heavy atom. The van der Waals surface area contributed by atoms with Gasteiger partial charge in [0.25, 0.3) is 15.9 Å². The van der Waals surface area contributed by atoms with Crippen LogP contribution in [0.1, 0.15) is 42.6 Å². The first-order chi connectivity index (χ1) is 12.4. The van der Waals surface area contributed by atoms with Gasteiger partial charge in [0.15, 0.2) is 0 Å². The molecule has 1 amide bonds. The molecule has 0 radical (unpaired) electrons. The first-order valence-corrected chi connectivity index (χ1v) is 9.98. The maximum absolute atomic E-state index is 13.0. The average Bonchev–Trinajstić information content (AvgIpc) is 2.63. The molecular formula is C18H20FN3O3S. The van der Waals surface area contributed by atoms with E-state index in [1.165, 1.54) is 36.9 Å². The summed E-state index contributed by atoms with van der Waals surface area (Å²) in [6.45, 7) is 0. The van der Waals surface area contributed by atoms with Crippen LogP contribution in [0.5, 0.6) is 0 Å². The van der Waals surface area contributed by atoms with Gasteiger partial charge in [-0.3, -0.25) is 14.5 Å². The van der Waals surface area contributed by atoms with E-state index in [4.69, 9.17) is 0 Å². The molecule has 0 unspecified atom stereocenters. The molecule has 6 nitrogen and oxygen atoms in total. The van der Waals surface area contributed by atoms with E-state index in [2.05, 4.69) is 15.0 Å². The third kappa shape index (κ3) is 4.57. The molecule has 1 saturated carbocycles. The Morgan fingerprint density at radius 2 is 1.77 bits per heavy atom. The van der Waals surface area contributed by atoms with Crippen molar-refractivity contribution in [2.75, 3.05) is 4.72 Å². The van der Waals surface area contributed by atoms with Gasteiger partial charge in [0.05, 0.1) is 10.6 Å². The van der Waals surface area contributed by atoms with Gasteiger partial charge in [0.1, 0.15) is 11.5 Å². The summed E-state index contributed by atoms with van der Waals surface area (Å²) in [6, 6.07) is 7.48. The Balaban J connectivity index is 1.72. The van der Waals surface area contributed by atoms with E-state index >= 15 is 0 Å². The number of pyridine rings is 1. The van der Waals surface area contributed by atoms with Crippen LogP contribution in [-0.2, 0) is 10.0 Å². The average molecular weight is 377 g/mol. The molecule has 1 fully saturated rings. The molecule has 1 aliphatic rings. The van der Waals surface area contributed by atoms with E-state index in [1.54, 1.807) is 0 Å². The van der Waals surface area contributed by atoms with Gasteiger partial charge in [-0.15, -0.1) is 0 Å². The van der Waals surface area contributed by atoms with Crippen molar-refractivity contribution < 1.29 is 17.6 Å². The van der Waals surface area contributed by atoms with E-state index < -0.39 is 15.8 Å². The van der Waals surface area contributed by atoms with E-state index in [-0.39, 0.29) is 28.2 Å². The number of hydrogen-bond acceptors (Lipinski definition) is 4. The van der Waals surface area contributed by atoms with E-state index in [9.17, 15) is 17.6 Å². The highest BCUT2D eigenvalue weighted by Gasteiger charge is 2.19. The van der Waals surface area contributed by atoms with Gasteiger partial charge in [0.2, 0.25) is 0 Å². The number of carbonyl (C=O) groups is 1. The Hall–Kier alpha value is -2.48. The fourth-order valence-electron chi connectivity index (χ4n) is 2.95. The lowest BCUT2D eigenvalue weighted by molar-refractivity contribution is 0.0922. The van der Waals surface area contributed by atoms with Crippen molar-refractivity contribution in [3.05, 3.63) is 54.1 Å². The number of hydrogen-bond donors (Lipinski definition) is 2. The third-order valence-electron chi connectivity index (χ3n) is 4.31. The van der Waals surface area contributed by atoms with Crippen LogP contribution in [0.25, 0.3) is 0 Å². The minimum absolute atomic E-state index is 0.0658. The van der Waals surface area contributed by atoms with Gasteiger partial charge in [-0.1, -0.05) is 19.3 Å². The van der Waals surface area contributed by atoms with Crippen molar-refractivity contribution in [1.29, 1.82) is 0 Å². The molecule has 0 atom stereocenters. The molecule has 2 N–H and O–H groups in total. The lowest BCUT2D eigenvalue weighted by Crippen LogP contribution is -2.36. The van der Waals surface area contributed by atoms with Crippen LogP contribution < -0.4 is 10.0 Å². The number of sulfonamides is 1. The second-order valence-electron chi connectivity index (χ2n) is 6.30. The summed E-state index contributed by atoms with van der Waals surface area (Å²) in [5, 5.41) is 2.94. The van der Waals surface area contributed by atoms with Gasteiger partial charge in [-0.2, -0.15) is 0 Å². The molecule has 1 aliphatic carbocycles. The van der Waals surface area contributed by atoms with Crippen molar-refractivity contribution in [3.8, 4) is 0 Å². The van der Waals surface area contributed by atoms with Crippen LogP contribution in [-0.4, -0.2) is 25.4 Å². The molecule has 0 saturated heterocycles. The van der Waals surface area contributed by atoms with Gasteiger partial charge >= 0.3 is 0 Å². The Kier molecular flexibility index (Phi) is 5.51. The fraction of sp³-hybridized carbons (Fsp3) is 0.333. The maximum Gasteiger partial charge on any atom is 0.270 e. The van der Waals surface area contributed by atoms with Gasteiger partial charge < -0.3 is 5.32 Å². The molecule has 3 rings (SSSR count). The minimum Gasteiger partial charge on any atom is -0.348 e. The molecule has 2 aromatic rings. The second kappa shape index (κ2) is 7.82. The molecule has 8 heteroatoms. The van der Waals surface area contributed by atoms with Crippen LogP contribution in [0.4, 0.5) is 10.1 Å². The first kappa shape index (κ1) is 18.3. The fourth-order valence-corrected chi connectivity index (χ4v) is 4.00. The highest BCUT2D eigenvalue weighted by atomic mass is 32.2. The van der Waals surface area contributed by atoms with Crippen LogP contribution >= 0.6 is 0 Å². The van der Waals surface area contributed by atoms with Crippen molar-refractivity contribution in [1.82, 2.24) is 10.3 Å². The lowest BCUT2D eigenvalue weighted by atomic mass is 9.95. The predicted octanol–water partition coefficient (Wildman–Crippen LogP) is 3.08. The second-order valence-corrected chi connectivity index (χ2v) is 7.98. The molecule has 138 valence electrons. The molecule has 1 aromatic carbocycles. The molecular weight excluding hydrogens is 357 g/mol. The minimum atomic E-state index is -3.88. The van der Waals surface area contributed by atoms with E-state index in [1.807, 2.05) is 0 Å². The van der Waals surface area contributed by atoms with Crippen LogP contribution in [0.3, 0.4) is 0 Å². The molecule has 0 aliphatic heterocycles. The van der Waals surface area contributed by atoms with Gasteiger partial charge in [0, 0.05) is 12.2 Å². The number of anilines is 1. The smallest absolute Gasteiger partial charge is 0.270 e. The largest absolute Gasteiger partial charge is 0.348 e. The normalized spacial score (nSPS) is 15.4. The Morgan fingerprint density at radius 3 is 2.46 bits per heavy atom. The van der Waals surface area contributed by atoms with Crippen LogP contribution in [0.2, 0.25) is 0 Å². The monoisotopic (exact) mass is 377 g/mol. The summed E-state index contributed by atoms with van der Waals surface area (Å²) < 4.78 is 40.1. The molecule has 0 bridgehead atoms. The predicted molar refractivity (Wildman–Crippen MR) is 95.8 cm³/mol. The summed E-state index contributed by atoms with van der Waals surface area (Å²) >= 11 is 0. The zero-order chi connectivity index (χ0) is 18.6. The van der Waals surface area contributed by atoms with Crippen molar-refractivity contribution in [3.63, 3.8) is 0 Å². The highest BCUT2D eigenvalue weighted by Crippen LogP contribution is 2.19. The summed E-state index contributed by atoms with van der Waals surface area (Å²) in [6.07, 6.45) is 6.64. The van der Waals surface area contributed by atoms with Crippen molar-refractivity contribution >= 4 is 21.6 Å². The molecule has 0 spiro atoms. The number of benzene rings is 1. The number of halogens is 1. The van der Waals surface area contributed by atoms with Gasteiger partial charge in [-0.05, 0) is 49.2 Å². The summed E-state index contributed by atoms with van der Waals surface area (Å²) in [5.41, 5.74) is 0.369. The number of carbonyl (C=O) groups excluding carboxylic acids is 1. The zero-order valence-electron chi connectivity index (χ0n) is 14.1. The number of nitrogens with one attached hydrogen (secondary N) is 2. The summed E-state index contributed by atoms with van der Waals surface area (Å²) in [4.78, 5) is 16.3. The summed E-state index contributed by atoms with van der Waals surface area (Å²) in [7, 11) is -3.88. The maximum atomic E-state index is 13.0. The van der Waals surface area contributed by atoms with E-state index in [0.717, 1.165) is 37.8 Å². The quantitative estimate of drug-likeness (QED) is 0.838. The highest BCUT2D eigenvalue weighted by molar-refractivity contribution is 7.92. The zero-order valence-corrected chi connectivity index (χ0v) is 14.9. The number of aromatic nitrogens is 1. The standard InChI is InChI=1S/C18H20FN3O3S/c19-13-6-8-16(9-7-13)26(24,25)22-15-10-11-20-17(12-15)18(23)21-14-4-2-1-3-5-14/h6-12,14H,1-5H2,(H,20,22)(H,21,23). The Labute approximate surface area is 151 Å². The van der Waals surface area contributed by atoms with E-state index in [0.29, 0.717) is 0 Å². The van der Waals surface area contributed by atoms with Gasteiger partial charge in [-0.25, -0.2) is 12.8 Å². The first-order valence-electron chi connectivity index (χ1n) is 8.49. The number of amides is 1. The van der Waals surface area contributed by atoms with Crippen LogP contribution in [0.15, 0.2) is 47.5 Å². The van der Waals surface area contributed by atoms with Crippen LogP contribution in [0, 0.1) is 5.82 Å². The molecule has 1 aromatic heterocycles. The molecule has 26 heavy (non-hydrogen) atoms. The number of nitrogens with zero attached hydrogens (tertiary/aromatic N) is 1. The lowest BCUT2D eigenvalue weighted by Gasteiger charge is -2.22. The van der Waals surface area contributed by atoms with Crippen molar-refractivity contribution in [2.24, 2.45) is 0 Å². The number of rotatable bonds is 5. The van der Waals surface area contributed by atoms with Crippen molar-refractivity contribution in [2.45, 2.75) is 43.0 Å². The summed E-state index contributed by atoms with van der Waals surface area (Å²) in [5.74, 6) is -0.839. The Bertz CT molecular complexity index is 879. The SMILES string of the molecule is O=C(NC1CCCCC1)c1cc(NS(=O)(=O)c2ccc(F)cc2)ccn1.